The van der Waals surface area contributed by atoms with E-state index in [0.29, 0.717) is 17.3 Å². The summed E-state index contributed by atoms with van der Waals surface area (Å²) >= 11 is 6.02. The van der Waals surface area contributed by atoms with Gasteiger partial charge in [-0.05, 0) is 42.7 Å². The van der Waals surface area contributed by atoms with E-state index < -0.39 is 0 Å². The lowest BCUT2D eigenvalue weighted by atomic mass is 10.00. The topological polar surface area (TPSA) is 81.3 Å². The summed E-state index contributed by atoms with van der Waals surface area (Å²) in [5, 5.41) is 0.655. The zero-order chi connectivity index (χ0) is 20.2. The Labute approximate surface area is 174 Å². The number of aromatic nitrogens is 2. The third kappa shape index (κ3) is 4.32. The number of hydrogen-bond donors (Lipinski definition) is 1. The van der Waals surface area contributed by atoms with Gasteiger partial charge in [0.25, 0.3) is 5.91 Å². The molecule has 2 heterocycles. The second kappa shape index (κ2) is 8.49. The maximum absolute atomic E-state index is 12.9. The van der Waals surface area contributed by atoms with Crippen LogP contribution in [0.2, 0.25) is 5.02 Å². The van der Waals surface area contributed by atoms with Crippen molar-refractivity contribution in [3.8, 4) is 16.9 Å². The van der Waals surface area contributed by atoms with Crippen LogP contribution < -0.4 is 10.5 Å². The predicted molar refractivity (Wildman–Crippen MR) is 113 cm³/mol. The Balaban J connectivity index is 1.59. The fraction of sp³-hybridized carbons (Fsp3) is 0.227. The van der Waals surface area contributed by atoms with Gasteiger partial charge in [0, 0.05) is 23.3 Å². The van der Waals surface area contributed by atoms with Gasteiger partial charge >= 0.3 is 0 Å². The van der Waals surface area contributed by atoms with Crippen molar-refractivity contribution >= 4 is 23.5 Å². The van der Waals surface area contributed by atoms with Gasteiger partial charge in [-0.1, -0.05) is 41.9 Å². The molecule has 1 amide bonds. The van der Waals surface area contributed by atoms with Crippen molar-refractivity contribution in [1.29, 1.82) is 0 Å². The van der Waals surface area contributed by atoms with Gasteiger partial charge in [-0.15, -0.1) is 0 Å². The second-order valence-corrected chi connectivity index (χ2v) is 7.32. The van der Waals surface area contributed by atoms with Gasteiger partial charge in [0.2, 0.25) is 5.95 Å². The lowest BCUT2D eigenvalue weighted by molar-refractivity contribution is -0.134. The van der Waals surface area contributed by atoms with Crippen LogP contribution in [0.25, 0.3) is 11.1 Å². The van der Waals surface area contributed by atoms with Crippen LogP contribution in [0.1, 0.15) is 24.6 Å². The van der Waals surface area contributed by atoms with Crippen LogP contribution in [0.15, 0.2) is 60.8 Å². The first-order valence-corrected chi connectivity index (χ1v) is 9.85. The molecule has 1 aliphatic heterocycles. The molecule has 4 rings (SSSR count). The monoisotopic (exact) mass is 408 g/mol. The number of amides is 1. The largest absolute Gasteiger partial charge is 0.484 e. The minimum atomic E-state index is -0.169. The molecule has 7 heteroatoms. The zero-order valence-corrected chi connectivity index (χ0v) is 16.5. The average molecular weight is 409 g/mol. The van der Waals surface area contributed by atoms with Gasteiger partial charge in [-0.3, -0.25) is 4.79 Å². The van der Waals surface area contributed by atoms with Crippen LogP contribution in [0.4, 0.5) is 5.95 Å². The van der Waals surface area contributed by atoms with E-state index in [9.17, 15) is 4.79 Å². The number of nitrogens with two attached hydrogens (primary N) is 1. The summed E-state index contributed by atoms with van der Waals surface area (Å²) in [6.45, 7) is 0.642. The van der Waals surface area contributed by atoms with E-state index in [1.54, 1.807) is 6.20 Å². The number of rotatable bonds is 5. The lowest BCUT2D eigenvalue weighted by Gasteiger charge is -2.26. The highest BCUT2D eigenvalue weighted by Gasteiger charge is 2.33. The first kappa shape index (κ1) is 19.2. The lowest BCUT2D eigenvalue weighted by Crippen LogP contribution is -2.35. The standard InChI is InChI=1S/C22H21ClN4O2/c23-16-10-8-15(9-11-16)18-13-25-22(24)26-21(18)19-7-4-12-27(19)20(28)14-29-17-5-2-1-3-6-17/h1-3,5-6,8-11,13,19H,4,7,12,14H2,(H2,24,25,26)/t19-/m0/s1. The van der Waals surface area contributed by atoms with Crippen LogP contribution >= 0.6 is 11.6 Å². The Bertz CT molecular complexity index is 995. The summed E-state index contributed by atoms with van der Waals surface area (Å²) in [6, 6.07) is 16.6. The molecule has 0 spiro atoms. The molecule has 3 aromatic rings. The van der Waals surface area contributed by atoms with Crippen molar-refractivity contribution in [1.82, 2.24) is 14.9 Å². The Morgan fingerprint density at radius 3 is 2.69 bits per heavy atom. The molecule has 1 fully saturated rings. The Hall–Kier alpha value is -3.12. The van der Waals surface area contributed by atoms with Gasteiger partial charge in [0.15, 0.2) is 6.61 Å². The quantitative estimate of drug-likeness (QED) is 0.686. The smallest absolute Gasteiger partial charge is 0.261 e. The van der Waals surface area contributed by atoms with Gasteiger partial charge in [-0.2, -0.15) is 0 Å². The molecule has 148 valence electrons. The van der Waals surface area contributed by atoms with Gasteiger partial charge in [0.1, 0.15) is 5.75 Å². The van der Waals surface area contributed by atoms with E-state index in [2.05, 4.69) is 9.97 Å². The van der Waals surface area contributed by atoms with Crippen molar-refractivity contribution < 1.29 is 9.53 Å². The number of anilines is 1. The third-order valence-corrected chi connectivity index (χ3v) is 5.24. The molecule has 0 aliphatic carbocycles. The number of nitrogen functional groups attached to an aromatic ring is 1. The van der Waals surface area contributed by atoms with Crippen LogP contribution in [0.5, 0.6) is 5.75 Å². The van der Waals surface area contributed by atoms with Gasteiger partial charge in [0.05, 0.1) is 11.7 Å². The zero-order valence-electron chi connectivity index (χ0n) is 15.8. The molecule has 1 aromatic heterocycles. The van der Waals surface area contributed by atoms with E-state index in [4.69, 9.17) is 22.1 Å². The molecular weight excluding hydrogens is 388 g/mol. The number of para-hydroxylation sites is 1. The summed E-state index contributed by atoms with van der Waals surface area (Å²) in [5.74, 6) is 0.790. The number of ether oxygens (including phenoxy) is 1. The molecule has 1 saturated heterocycles. The molecule has 6 nitrogen and oxygen atoms in total. The van der Waals surface area contributed by atoms with Crippen LogP contribution in [0.3, 0.4) is 0 Å². The molecule has 0 saturated carbocycles. The number of likely N-dealkylation sites (tertiary alicyclic amines) is 1. The maximum atomic E-state index is 12.9. The molecule has 1 atom stereocenters. The first-order chi connectivity index (χ1) is 14.1. The fourth-order valence-corrected chi connectivity index (χ4v) is 3.74. The molecule has 2 N–H and O–H groups in total. The molecule has 1 aliphatic rings. The summed E-state index contributed by atoms with van der Waals surface area (Å²) < 4.78 is 5.65. The van der Waals surface area contributed by atoms with E-state index in [1.165, 1.54) is 0 Å². The van der Waals surface area contributed by atoms with Crippen LogP contribution in [-0.2, 0) is 4.79 Å². The van der Waals surface area contributed by atoms with E-state index in [-0.39, 0.29) is 24.5 Å². The molecule has 0 unspecified atom stereocenters. The summed E-state index contributed by atoms with van der Waals surface area (Å²) in [5.41, 5.74) is 8.42. The molecule has 0 radical (unpaired) electrons. The number of carbonyl (C=O) groups is 1. The molecular formula is C22H21ClN4O2. The van der Waals surface area contributed by atoms with Crippen molar-refractivity contribution in [3.05, 3.63) is 71.5 Å². The highest BCUT2D eigenvalue weighted by Crippen LogP contribution is 2.37. The number of carbonyl (C=O) groups excluding carboxylic acids is 1. The van der Waals surface area contributed by atoms with E-state index in [0.717, 1.165) is 29.7 Å². The van der Waals surface area contributed by atoms with E-state index in [1.807, 2.05) is 59.5 Å². The SMILES string of the molecule is Nc1ncc(-c2ccc(Cl)cc2)c([C@@H]2CCCN2C(=O)COc2ccccc2)n1. The highest BCUT2D eigenvalue weighted by atomic mass is 35.5. The number of benzene rings is 2. The highest BCUT2D eigenvalue weighted by molar-refractivity contribution is 6.30. The van der Waals surface area contributed by atoms with Gasteiger partial charge < -0.3 is 15.4 Å². The van der Waals surface area contributed by atoms with Crippen molar-refractivity contribution in [2.24, 2.45) is 0 Å². The normalized spacial score (nSPS) is 16.0. The third-order valence-electron chi connectivity index (χ3n) is 4.99. The van der Waals surface area contributed by atoms with Crippen molar-refractivity contribution in [2.45, 2.75) is 18.9 Å². The van der Waals surface area contributed by atoms with E-state index >= 15 is 0 Å². The average Bonchev–Trinajstić information content (AvgIpc) is 3.23. The summed E-state index contributed by atoms with van der Waals surface area (Å²) in [7, 11) is 0. The first-order valence-electron chi connectivity index (χ1n) is 9.47. The predicted octanol–water partition coefficient (Wildman–Crippen LogP) is 4.12. The second-order valence-electron chi connectivity index (χ2n) is 6.88. The van der Waals surface area contributed by atoms with Crippen LogP contribution in [0, 0.1) is 0 Å². The Morgan fingerprint density at radius 1 is 1.17 bits per heavy atom. The minimum absolute atomic E-state index is 0.0165. The summed E-state index contributed by atoms with van der Waals surface area (Å²) in [6.07, 6.45) is 3.42. The summed E-state index contributed by atoms with van der Waals surface area (Å²) in [4.78, 5) is 23.4. The van der Waals surface area contributed by atoms with Crippen LogP contribution in [-0.4, -0.2) is 33.9 Å². The molecule has 0 bridgehead atoms. The van der Waals surface area contributed by atoms with Gasteiger partial charge in [-0.25, -0.2) is 9.97 Å². The number of hydrogen-bond acceptors (Lipinski definition) is 5. The number of halogens is 1. The maximum Gasteiger partial charge on any atom is 0.261 e. The Kier molecular flexibility index (Phi) is 5.62. The number of nitrogens with zero attached hydrogens (tertiary/aromatic N) is 3. The van der Waals surface area contributed by atoms with Crippen molar-refractivity contribution in [2.75, 3.05) is 18.9 Å². The minimum Gasteiger partial charge on any atom is -0.484 e. The molecule has 2 aromatic carbocycles. The van der Waals surface area contributed by atoms with Crippen molar-refractivity contribution in [3.63, 3.8) is 0 Å². The fourth-order valence-electron chi connectivity index (χ4n) is 3.61. The Morgan fingerprint density at radius 2 is 1.93 bits per heavy atom. The molecule has 29 heavy (non-hydrogen) atoms.